The minimum atomic E-state index is -0.612. The molecular formula is C43H24O2. The summed E-state index contributed by atoms with van der Waals surface area (Å²) in [7, 11) is 0. The van der Waals surface area contributed by atoms with Gasteiger partial charge in [0.2, 0.25) is 0 Å². The van der Waals surface area contributed by atoms with E-state index < -0.39 is 5.41 Å². The van der Waals surface area contributed by atoms with Gasteiger partial charge in [-0.15, -0.1) is 0 Å². The molecule has 8 aromatic carbocycles. The highest BCUT2D eigenvalue weighted by atomic mass is 16.5. The fraction of sp³-hybridized carbons (Fsp3) is 0.0233. The van der Waals surface area contributed by atoms with E-state index in [2.05, 4.69) is 146 Å². The van der Waals surface area contributed by atoms with E-state index in [1.807, 2.05) is 0 Å². The largest absolute Gasteiger partial charge is 0.455 e. The molecule has 0 unspecified atom stereocenters. The van der Waals surface area contributed by atoms with Crippen LogP contribution >= 0.6 is 0 Å². The molecule has 2 heterocycles. The maximum Gasteiger partial charge on any atom is 0.143 e. The van der Waals surface area contributed by atoms with Crippen LogP contribution in [0.15, 0.2) is 150 Å². The molecule has 1 aliphatic heterocycles. The Morgan fingerprint density at radius 3 is 1.51 bits per heavy atom. The van der Waals surface area contributed by atoms with Crippen LogP contribution in [0.25, 0.3) is 65.4 Å². The van der Waals surface area contributed by atoms with Crippen molar-refractivity contribution in [1.29, 1.82) is 0 Å². The lowest BCUT2D eigenvalue weighted by molar-refractivity contribution is 0.447. The first-order valence-electron chi connectivity index (χ1n) is 15.5. The Bertz CT molecular complexity index is 2660. The molecule has 0 atom stereocenters. The van der Waals surface area contributed by atoms with Crippen molar-refractivity contribution in [2.45, 2.75) is 5.41 Å². The summed E-state index contributed by atoms with van der Waals surface area (Å²) in [6.45, 7) is 0. The Kier molecular flexibility index (Phi) is 4.29. The van der Waals surface area contributed by atoms with Crippen LogP contribution in [-0.2, 0) is 5.41 Å². The van der Waals surface area contributed by atoms with E-state index in [9.17, 15) is 0 Å². The fourth-order valence-corrected chi connectivity index (χ4v) is 8.47. The Morgan fingerprint density at radius 2 is 0.844 bits per heavy atom. The summed E-state index contributed by atoms with van der Waals surface area (Å²) in [5.41, 5.74) is 8.48. The zero-order valence-electron chi connectivity index (χ0n) is 24.2. The number of rotatable bonds is 0. The molecule has 1 aliphatic carbocycles. The maximum atomic E-state index is 7.12. The van der Waals surface area contributed by atoms with Crippen molar-refractivity contribution < 1.29 is 9.15 Å². The minimum absolute atomic E-state index is 0.612. The smallest absolute Gasteiger partial charge is 0.143 e. The quantitative estimate of drug-likeness (QED) is 0.180. The molecule has 2 aliphatic rings. The van der Waals surface area contributed by atoms with Gasteiger partial charge < -0.3 is 9.15 Å². The molecule has 1 spiro atoms. The van der Waals surface area contributed by atoms with Gasteiger partial charge in [-0.05, 0) is 44.3 Å². The SMILES string of the molecule is c1ccc2c3c(ccc2c1)C1(c2ccc4ccccc4c2O3)c2ccc3ccccc3c2-c2c1ccc1c2oc2ccccc21. The molecule has 2 nitrogen and oxygen atoms in total. The lowest BCUT2D eigenvalue weighted by atomic mass is 9.65. The van der Waals surface area contributed by atoms with Crippen LogP contribution in [-0.4, -0.2) is 0 Å². The second-order valence-electron chi connectivity index (χ2n) is 12.4. The third-order valence-electron chi connectivity index (χ3n) is 10.3. The van der Waals surface area contributed by atoms with E-state index in [1.165, 1.54) is 43.8 Å². The van der Waals surface area contributed by atoms with Crippen LogP contribution in [0.3, 0.4) is 0 Å². The third kappa shape index (κ3) is 2.77. The Balaban J connectivity index is 1.42. The van der Waals surface area contributed by atoms with Crippen molar-refractivity contribution in [2.24, 2.45) is 0 Å². The molecule has 0 bridgehead atoms. The van der Waals surface area contributed by atoms with E-state index in [-0.39, 0.29) is 0 Å². The van der Waals surface area contributed by atoms with Crippen molar-refractivity contribution in [3.8, 4) is 22.6 Å². The first-order chi connectivity index (χ1) is 22.3. The molecule has 0 fully saturated rings. The average molecular weight is 573 g/mol. The molecule has 1 aromatic heterocycles. The molecule has 11 rings (SSSR count). The molecule has 2 heteroatoms. The summed E-state index contributed by atoms with van der Waals surface area (Å²) in [5.74, 6) is 1.85. The van der Waals surface area contributed by atoms with Gasteiger partial charge in [-0.25, -0.2) is 0 Å². The number of fused-ring (bicyclic) bond motifs is 19. The van der Waals surface area contributed by atoms with E-state index in [0.717, 1.165) is 55.3 Å². The maximum absolute atomic E-state index is 7.12. The molecule has 208 valence electrons. The number of hydrogen-bond acceptors (Lipinski definition) is 2. The van der Waals surface area contributed by atoms with E-state index in [0.29, 0.717) is 0 Å². The molecular weight excluding hydrogens is 548 g/mol. The number of benzene rings is 8. The highest BCUT2D eigenvalue weighted by Crippen LogP contribution is 2.66. The van der Waals surface area contributed by atoms with Gasteiger partial charge in [0, 0.05) is 38.2 Å². The third-order valence-corrected chi connectivity index (χ3v) is 10.3. The summed E-state index contributed by atoms with van der Waals surface area (Å²) >= 11 is 0. The Hall–Kier alpha value is -5.86. The van der Waals surface area contributed by atoms with Crippen LogP contribution in [0, 0.1) is 0 Å². The molecule has 45 heavy (non-hydrogen) atoms. The zero-order valence-corrected chi connectivity index (χ0v) is 24.2. The molecule has 0 amide bonds. The summed E-state index contributed by atoms with van der Waals surface area (Å²) in [5, 5.41) is 9.31. The average Bonchev–Trinajstić information content (AvgIpc) is 3.62. The summed E-state index contributed by atoms with van der Waals surface area (Å²) < 4.78 is 13.9. The molecule has 0 saturated heterocycles. The lowest BCUT2D eigenvalue weighted by Gasteiger charge is -2.40. The number of furan rings is 1. The standard InChI is InChI=1S/C43H24O2/c1-4-12-28-25(9-1)17-21-33-38(28)39-34(24-20-32-31-15-7-8-16-37(31)44-42(32)39)43(33)35-22-18-26-10-2-5-13-29(26)40(35)45-41-30-14-6-3-11-27(30)19-23-36(41)43/h1-24H. The monoisotopic (exact) mass is 572 g/mol. The van der Waals surface area contributed by atoms with Gasteiger partial charge in [-0.2, -0.15) is 0 Å². The lowest BCUT2D eigenvalue weighted by Crippen LogP contribution is -2.32. The van der Waals surface area contributed by atoms with Gasteiger partial charge in [0.05, 0.1) is 5.41 Å². The first kappa shape index (κ1) is 23.6. The van der Waals surface area contributed by atoms with Crippen LogP contribution in [0.4, 0.5) is 0 Å². The molecule has 9 aromatic rings. The fourth-order valence-electron chi connectivity index (χ4n) is 8.47. The highest BCUT2D eigenvalue weighted by molar-refractivity contribution is 6.17. The number of ether oxygens (including phenoxy) is 1. The first-order valence-corrected chi connectivity index (χ1v) is 15.5. The Labute approximate surface area is 258 Å². The number of para-hydroxylation sites is 1. The van der Waals surface area contributed by atoms with Crippen LogP contribution in [0.1, 0.15) is 22.3 Å². The summed E-state index contributed by atoms with van der Waals surface area (Å²) in [6.07, 6.45) is 0. The normalized spacial score (nSPS) is 14.1. The van der Waals surface area contributed by atoms with E-state index in [1.54, 1.807) is 0 Å². The van der Waals surface area contributed by atoms with Crippen molar-refractivity contribution in [3.05, 3.63) is 168 Å². The molecule has 0 N–H and O–H groups in total. The van der Waals surface area contributed by atoms with Gasteiger partial charge in [0.1, 0.15) is 22.7 Å². The second-order valence-corrected chi connectivity index (χ2v) is 12.4. The van der Waals surface area contributed by atoms with Gasteiger partial charge in [0.25, 0.3) is 0 Å². The summed E-state index contributed by atoms with van der Waals surface area (Å²) in [6, 6.07) is 52.7. The van der Waals surface area contributed by atoms with E-state index >= 15 is 0 Å². The summed E-state index contributed by atoms with van der Waals surface area (Å²) in [4.78, 5) is 0. The van der Waals surface area contributed by atoms with Crippen molar-refractivity contribution >= 4 is 54.3 Å². The van der Waals surface area contributed by atoms with Gasteiger partial charge in [0.15, 0.2) is 0 Å². The highest BCUT2D eigenvalue weighted by Gasteiger charge is 2.53. The van der Waals surface area contributed by atoms with Crippen LogP contribution in [0.5, 0.6) is 11.5 Å². The van der Waals surface area contributed by atoms with Gasteiger partial charge in [-0.3, -0.25) is 0 Å². The zero-order chi connectivity index (χ0) is 29.3. The van der Waals surface area contributed by atoms with Crippen molar-refractivity contribution in [2.75, 3.05) is 0 Å². The second kappa shape index (κ2) is 8.19. The van der Waals surface area contributed by atoms with Gasteiger partial charge >= 0.3 is 0 Å². The van der Waals surface area contributed by atoms with Crippen LogP contribution < -0.4 is 4.74 Å². The Morgan fingerprint density at radius 1 is 0.356 bits per heavy atom. The van der Waals surface area contributed by atoms with Crippen molar-refractivity contribution in [3.63, 3.8) is 0 Å². The van der Waals surface area contributed by atoms with E-state index in [4.69, 9.17) is 9.15 Å². The molecule has 0 radical (unpaired) electrons. The number of hydrogen-bond donors (Lipinski definition) is 0. The van der Waals surface area contributed by atoms with Crippen molar-refractivity contribution in [1.82, 2.24) is 0 Å². The minimum Gasteiger partial charge on any atom is -0.455 e. The topological polar surface area (TPSA) is 22.4 Å². The van der Waals surface area contributed by atoms with Crippen LogP contribution in [0.2, 0.25) is 0 Å². The molecule has 0 saturated carbocycles. The van der Waals surface area contributed by atoms with Gasteiger partial charge in [-0.1, -0.05) is 140 Å². The predicted molar refractivity (Wildman–Crippen MR) is 184 cm³/mol. The predicted octanol–water partition coefficient (Wildman–Crippen LogP) is 11.5.